The second-order valence-corrected chi connectivity index (χ2v) is 4.61. The summed E-state index contributed by atoms with van der Waals surface area (Å²) in [6.07, 6.45) is 5.66. The van der Waals surface area contributed by atoms with Gasteiger partial charge in [0.1, 0.15) is 0 Å². The molecule has 0 saturated carbocycles. The van der Waals surface area contributed by atoms with Gasteiger partial charge in [-0.1, -0.05) is 17.7 Å². The molecule has 0 N–H and O–H groups in total. The Labute approximate surface area is 104 Å². The minimum absolute atomic E-state index is 0.687. The van der Waals surface area contributed by atoms with Crippen molar-refractivity contribution in [2.75, 3.05) is 6.26 Å². The third-order valence-electron chi connectivity index (χ3n) is 2.30. The van der Waals surface area contributed by atoms with Gasteiger partial charge >= 0.3 is 0 Å². The van der Waals surface area contributed by atoms with Gasteiger partial charge < -0.3 is 0 Å². The van der Waals surface area contributed by atoms with Crippen molar-refractivity contribution >= 4 is 23.4 Å². The van der Waals surface area contributed by atoms with E-state index in [0.29, 0.717) is 5.02 Å². The fourth-order valence-corrected chi connectivity index (χ4v) is 1.86. The number of aromatic nitrogens is 2. The van der Waals surface area contributed by atoms with Gasteiger partial charge in [0.2, 0.25) is 0 Å². The predicted octanol–water partition coefficient (Wildman–Crippen LogP) is 3.83. The summed E-state index contributed by atoms with van der Waals surface area (Å²) in [6.45, 7) is 1.89. The van der Waals surface area contributed by atoms with Crippen LogP contribution in [0, 0.1) is 6.92 Å². The molecule has 2 rings (SSSR count). The van der Waals surface area contributed by atoms with E-state index in [2.05, 4.69) is 9.97 Å². The monoisotopic (exact) mass is 250 g/mol. The summed E-state index contributed by atoms with van der Waals surface area (Å²) in [6, 6.07) is 5.94. The van der Waals surface area contributed by atoms with E-state index in [9.17, 15) is 0 Å². The van der Waals surface area contributed by atoms with E-state index in [4.69, 9.17) is 11.6 Å². The summed E-state index contributed by atoms with van der Waals surface area (Å²) in [4.78, 5) is 8.55. The third-order valence-corrected chi connectivity index (χ3v) is 3.35. The largest absolute Gasteiger partial charge is 0.259 e. The van der Waals surface area contributed by atoms with Gasteiger partial charge in [-0.2, -0.15) is 0 Å². The van der Waals surface area contributed by atoms with Crippen LogP contribution in [0.5, 0.6) is 0 Å². The lowest BCUT2D eigenvalue weighted by Gasteiger charge is -2.03. The SMILES string of the molecule is CSc1ccc(-c2cnc(C)c(Cl)c2)cn1. The van der Waals surface area contributed by atoms with Crippen molar-refractivity contribution in [2.45, 2.75) is 11.9 Å². The molecule has 0 radical (unpaired) electrons. The number of pyridine rings is 2. The molecule has 16 heavy (non-hydrogen) atoms. The highest BCUT2D eigenvalue weighted by Gasteiger charge is 2.02. The van der Waals surface area contributed by atoms with Crippen LogP contribution in [-0.4, -0.2) is 16.2 Å². The van der Waals surface area contributed by atoms with Crippen molar-refractivity contribution in [2.24, 2.45) is 0 Å². The van der Waals surface area contributed by atoms with Crippen molar-refractivity contribution < 1.29 is 0 Å². The van der Waals surface area contributed by atoms with Crippen LogP contribution in [0.1, 0.15) is 5.69 Å². The smallest absolute Gasteiger partial charge is 0.0957 e. The Hall–Kier alpha value is -1.06. The van der Waals surface area contributed by atoms with Gasteiger partial charge in [-0.25, -0.2) is 4.98 Å². The van der Waals surface area contributed by atoms with Crippen LogP contribution in [0.25, 0.3) is 11.1 Å². The van der Waals surface area contributed by atoms with Gasteiger partial charge in [-0.3, -0.25) is 4.98 Å². The van der Waals surface area contributed by atoms with Crippen molar-refractivity contribution in [3.05, 3.63) is 41.3 Å². The van der Waals surface area contributed by atoms with E-state index < -0.39 is 0 Å². The normalized spacial score (nSPS) is 10.4. The first kappa shape index (κ1) is 11.4. The molecular weight excluding hydrogens is 240 g/mol. The quantitative estimate of drug-likeness (QED) is 0.758. The zero-order chi connectivity index (χ0) is 11.5. The van der Waals surface area contributed by atoms with E-state index in [1.54, 1.807) is 11.8 Å². The van der Waals surface area contributed by atoms with Crippen LogP contribution >= 0.6 is 23.4 Å². The Morgan fingerprint density at radius 3 is 2.44 bits per heavy atom. The Morgan fingerprint density at radius 1 is 1.12 bits per heavy atom. The first-order valence-electron chi connectivity index (χ1n) is 4.83. The van der Waals surface area contributed by atoms with Crippen LogP contribution in [-0.2, 0) is 0 Å². The van der Waals surface area contributed by atoms with E-state index in [0.717, 1.165) is 21.8 Å². The van der Waals surface area contributed by atoms with Crippen molar-refractivity contribution in [1.29, 1.82) is 0 Å². The topological polar surface area (TPSA) is 25.8 Å². The summed E-state index contributed by atoms with van der Waals surface area (Å²) in [5, 5.41) is 1.70. The number of nitrogens with zero attached hydrogens (tertiary/aromatic N) is 2. The maximum atomic E-state index is 6.04. The molecule has 0 aromatic carbocycles. The Bertz CT molecular complexity index is 497. The molecule has 0 aliphatic heterocycles. The Morgan fingerprint density at radius 2 is 1.88 bits per heavy atom. The highest BCUT2D eigenvalue weighted by Crippen LogP contribution is 2.24. The van der Waals surface area contributed by atoms with Crippen LogP contribution in [0.3, 0.4) is 0 Å². The minimum atomic E-state index is 0.687. The predicted molar refractivity (Wildman–Crippen MR) is 69.0 cm³/mol. The molecule has 0 saturated heterocycles. The standard InChI is InChI=1S/C12H11ClN2S/c1-8-11(13)5-10(7-14-8)9-3-4-12(16-2)15-6-9/h3-7H,1-2H3. The first-order valence-corrected chi connectivity index (χ1v) is 6.43. The molecule has 2 nitrogen and oxygen atoms in total. The molecule has 0 spiro atoms. The molecule has 0 fully saturated rings. The van der Waals surface area contributed by atoms with Crippen LogP contribution in [0.2, 0.25) is 5.02 Å². The van der Waals surface area contributed by atoms with E-state index in [1.807, 2.05) is 43.8 Å². The van der Waals surface area contributed by atoms with E-state index in [1.165, 1.54) is 0 Å². The molecule has 0 aliphatic carbocycles. The van der Waals surface area contributed by atoms with Gasteiger partial charge in [-0.05, 0) is 25.3 Å². The first-order chi connectivity index (χ1) is 7.70. The average Bonchev–Trinajstić information content (AvgIpc) is 2.33. The van der Waals surface area contributed by atoms with Gasteiger partial charge in [0.05, 0.1) is 15.7 Å². The lowest BCUT2D eigenvalue weighted by molar-refractivity contribution is 1.14. The highest BCUT2D eigenvalue weighted by molar-refractivity contribution is 7.98. The molecule has 0 unspecified atom stereocenters. The lowest BCUT2D eigenvalue weighted by atomic mass is 10.1. The van der Waals surface area contributed by atoms with Crippen molar-refractivity contribution in [3.63, 3.8) is 0 Å². The number of hydrogen-bond donors (Lipinski definition) is 0. The molecule has 2 aromatic heterocycles. The van der Waals surface area contributed by atoms with E-state index >= 15 is 0 Å². The van der Waals surface area contributed by atoms with Gasteiger partial charge in [0, 0.05) is 23.5 Å². The number of halogens is 1. The second-order valence-electron chi connectivity index (χ2n) is 3.38. The molecule has 2 aromatic rings. The highest BCUT2D eigenvalue weighted by atomic mass is 35.5. The number of hydrogen-bond acceptors (Lipinski definition) is 3. The van der Waals surface area contributed by atoms with Gasteiger partial charge in [0.15, 0.2) is 0 Å². The molecule has 4 heteroatoms. The molecule has 2 heterocycles. The number of aryl methyl sites for hydroxylation is 1. The molecule has 0 atom stereocenters. The molecular formula is C12H11ClN2S. The van der Waals surface area contributed by atoms with Crippen LogP contribution < -0.4 is 0 Å². The third kappa shape index (κ3) is 2.36. The zero-order valence-corrected chi connectivity index (χ0v) is 10.6. The molecule has 0 amide bonds. The van der Waals surface area contributed by atoms with Crippen LogP contribution in [0.15, 0.2) is 35.6 Å². The maximum Gasteiger partial charge on any atom is 0.0957 e. The molecule has 0 bridgehead atoms. The minimum Gasteiger partial charge on any atom is -0.259 e. The van der Waals surface area contributed by atoms with Crippen LogP contribution in [0.4, 0.5) is 0 Å². The van der Waals surface area contributed by atoms with Gasteiger partial charge in [-0.15, -0.1) is 11.8 Å². The summed E-state index contributed by atoms with van der Waals surface area (Å²) in [5.74, 6) is 0. The lowest BCUT2D eigenvalue weighted by Crippen LogP contribution is -1.86. The summed E-state index contributed by atoms with van der Waals surface area (Å²) in [7, 11) is 0. The Balaban J connectivity index is 2.38. The average molecular weight is 251 g/mol. The van der Waals surface area contributed by atoms with Gasteiger partial charge in [0.25, 0.3) is 0 Å². The van der Waals surface area contributed by atoms with E-state index in [-0.39, 0.29) is 0 Å². The second kappa shape index (κ2) is 4.85. The summed E-state index contributed by atoms with van der Waals surface area (Å²) >= 11 is 7.66. The van der Waals surface area contributed by atoms with Crippen molar-refractivity contribution in [1.82, 2.24) is 9.97 Å². The maximum absolute atomic E-state index is 6.04. The number of rotatable bonds is 2. The summed E-state index contributed by atoms with van der Waals surface area (Å²) in [5.41, 5.74) is 2.88. The molecule has 0 aliphatic rings. The Kier molecular flexibility index (Phi) is 3.46. The fraction of sp³-hybridized carbons (Fsp3) is 0.167. The molecule has 82 valence electrons. The van der Waals surface area contributed by atoms with Crippen molar-refractivity contribution in [3.8, 4) is 11.1 Å². The summed E-state index contributed by atoms with van der Waals surface area (Å²) < 4.78 is 0. The zero-order valence-electron chi connectivity index (χ0n) is 9.07. The number of thioether (sulfide) groups is 1. The fourth-order valence-electron chi connectivity index (χ4n) is 1.34.